The maximum Gasteiger partial charge on any atom is 0.330 e. The Bertz CT molecular complexity index is 551. The molecule has 0 rings (SSSR count). The van der Waals surface area contributed by atoms with Gasteiger partial charge in [-0.3, -0.25) is 9.59 Å². The van der Waals surface area contributed by atoms with E-state index in [-0.39, 0.29) is 30.5 Å². The number of hydrogen-bond donors (Lipinski definition) is 2. The molecular weight excluding hydrogens is 430 g/mol. The van der Waals surface area contributed by atoms with Gasteiger partial charge in [-0.15, -0.1) is 0 Å². The fourth-order valence-corrected chi connectivity index (χ4v) is 1.63. The van der Waals surface area contributed by atoms with Gasteiger partial charge in [-0.05, 0) is 25.3 Å². The topological polar surface area (TPSA) is 128 Å². The van der Waals surface area contributed by atoms with Gasteiger partial charge in [0.2, 0.25) is 5.91 Å². The van der Waals surface area contributed by atoms with E-state index in [1.807, 2.05) is 0 Å². The summed E-state index contributed by atoms with van der Waals surface area (Å²) in [7, 11) is 0. The normalized spacial score (nSPS) is 9.24. The van der Waals surface area contributed by atoms with Gasteiger partial charge in [-0.1, -0.05) is 59.4 Å². The molecule has 9 heteroatoms. The Morgan fingerprint density at radius 3 is 1.73 bits per heavy atom. The van der Waals surface area contributed by atoms with Gasteiger partial charge < -0.3 is 24.6 Å². The lowest BCUT2D eigenvalue weighted by atomic mass is 10.0. The number of aliphatic hydroxyl groups is 1. The summed E-state index contributed by atoms with van der Waals surface area (Å²) >= 11 is 0. The minimum absolute atomic E-state index is 0.310. The molecule has 0 aliphatic carbocycles. The molecule has 0 heterocycles. The van der Waals surface area contributed by atoms with Crippen molar-refractivity contribution in [3.63, 3.8) is 0 Å². The predicted molar refractivity (Wildman–Crippen MR) is 129 cm³/mol. The second-order valence-electron chi connectivity index (χ2n) is 5.89. The number of carbonyl (C=O) groups is 4. The fraction of sp³-hybridized carbons (Fsp3) is 0.500. The summed E-state index contributed by atoms with van der Waals surface area (Å²) in [6.07, 6.45) is 9.19. The highest BCUT2D eigenvalue weighted by atomic mass is 16.5. The summed E-state index contributed by atoms with van der Waals surface area (Å²) in [6.45, 7) is 20.9. The Morgan fingerprint density at radius 1 is 0.939 bits per heavy atom. The van der Waals surface area contributed by atoms with Crippen molar-refractivity contribution in [2.45, 2.75) is 53.4 Å². The molecule has 0 bridgehead atoms. The summed E-state index contributed by atoms with van der Waals surface area (Å²) in [5, 5.41) is 10.1. The van der Waals surface area contributed by atoms with Gasteiger partial charge in [-0.2, -0.15) is 0 Å². The van der Waals surface area contributed by atoms with Crippen LogP contribution in [0.1, 0.15) is 53.4 Å². The number of carbonyl (C=O) groups excluding carboxylic acids is 4. The Kier molecular flexibility index (Phi) is 34.9. The molecule has 0 saturated heterocycles. The number of ether oxygens (including phenoxy) is 3. The molecule has 1 unspecified atom stereocenters. The van der Waals surface area contributed by atoms with Crippen LogP contribution >= 0.6 is 0 Å². The zero-order chi connectivity index (χ0) is 26.5. The first-order chi connectivity index (χ1) is 15.6. The van der Waals surface area contributed by atoms with Crippen molar-refractivity contribution in [3.05, 3.63) is 50.8 Å². The van der Waals surface area contributed by atoms with E-state index in [2.05, 4.69) is 55.0 Å². The quantitative estimate of drug-likeness (QED) is 0.145. The van der Waals surface area contributed by atoms with Crippen molar-refractivity contribution in [1.29, 1.82) is 0 Å². The standard InChI is InChI=1S/C11H20O2.C5H8O2.C4H7NO2.C4H6O2/c1-4-7-8-10(5-2)9-13-11(12)6-3;1-3-5(6)7-4-2;1-2-4(7)5-3-6;1-3-6-4(2)5/h6,10H,3-5,7-9H2,1-2H3;3H,1,4H2,2H3;2,6H,1,3H2,(H,5,7);3H,1H2,2H3. The van der Waals surface area contributed by atoms with Crippen LogP contribution in [-0.4, -0.2) is 48.9 Å². The first-order valence-corrected chi connectivity index (χ1v) is 10.5. The summed E-state index contributed by atoms with van der Waals surface area (Å²) in [5.41, 5.74) is 0. The minimum Gasteiger partial charge on any atom is -0.463 e. The van der Waals surface area contributed by atoms with E-state index in [0.717, 1.165) is 31.3 Å². The Balaban J connectivity index is -0.000000181. The van der Waals surface area contributed by atoms with Crippen LogP contribution in [0.15, 0.2) is 50.8 Å². The van der Waals surface area contributed by atoms with E-state index in [1.165, 1.54) is 25.8 Å². The zero-order valence-electron chi connectivity index (χ0n) is 20.5. The molecule has 1 amide bonds. The smallest absolute Gasteiger partial charge is 0.330 e. The maximum atomic E-state index is 10.8. The number of hydrogen-bond acceptors (Lipinski definition) is 8. The Morgan fingerprint density at radius 2 is 1.48 bits per heavy atom. The molecule has 190 valence electrons. The van der Waals surface area contributed by atoms with Crippen LogP contribution in [-0.2, 0) is 33.4 Å². The third kappa shape index (κ3) is 39.8. The van der Waals surface area contributed by atoms with Gasteiger partial charge in [0.1, 0.15) is 6.73 Å². The molecule has 0 aliphatic heterocycles. The lowest BCUT2D eigenvalue weighted by molar-refractivity contribution is -0.139. The van der Waals surface area contributed by atoms with Crippen LogP contribution in [0.2, 0.25) is 0 Å². The van der Waals surface area contributed by atoms with Crippen LogP contribution in [0, 0.1) is 5.92 Å². The van der Waals surface area contributed by atoms with Gasteiger partial charge >= 0.3 is 17.9 Å². The molecule has 2 N–H and O–H groups in total. The molecule has 0 aliphatic rings. The number of aliphatic hydroxyl groups excluding tert-OH is 1. The van der Waals surface area contributed by atoms with E-state index in [1.54, 1.807) is 6.92 Å². The second kappa shape index (κ2) is 31.0. The molecule has 0 radical (unpaired) electrons. The minimum atomic E-state index is -0.359. The third-order valence-corrected chi connectivity index (χ3v) is 3.31. The van der Waals surface area contributed by atoms with Crippen LogP contribution in [0.3, 0.4) is 0 Å². The molecule has 33 heavy (non-hydrogen) atoms. The largest absolute Gasteiger partial charge is 0.463 e. The molecule has 0 spiro atoms. The SMILES string of the molecule is C=CC(=O)NCO.C=CC(=O)OCC.C=CC(=O)OCC(CC)CCCC.C=COC(C)=O. The third-order valence-electron chi connectivity index (χ3n) is 3.31. The average Bonchev–Trinajstić information content (AvgIpc) is 2.80. The van der Waals surface area contributed by atoms with E-state index in [0.29, 0.717) is 19.1 Å². The lowest BCUT2D eigenvalue weighted by Gasteiger charge is -2.13. The van der Waals surface area contributed by atoms with E-state index >= 15 is 0 Å². The highest BCUT2D eigenvalue weighted by molar-refractivity contribution is 5.86. The van der Waals surface area contributed by atoms with Crippen molar-refractivity contribution in [1.82, 2.24) is 5.32 Å². The summed E-state index contributed by atoms with van der Waals surface area (Å²) < 4.78 is 13.6. The molecule has 0 saturated carbocycles. The molecule has 0 aromatic heterocycles. The zero-order valence-corrected chi connectivity index (χ0v) is 20.5. The number of nitrogens with one attached hydrogen (secondary N) is 1. The summed E-state index contributed by atoms with van der Waals surface area (Å²) in [5.74, 6) is -0.839. The van der Waals surface area contributed by atoms with Crippen molar-refractivity contribution < 1.29 is 38.5 Å². The first kappa shape index (κ1) is 37.1. The van der Waals surface area contributed by atoms with Crippen molar-refractivity contribution in [2.24, 2.45) is 5.92 Å². The molecule has 0 fully saturated rings. The van der Waals surface area contributed by atoms with Crippen LogP contribution in [0.25, 0.3) is 0 Å². The van der Waals surface area contributed by atoms with Gasteiger partial charge in [0, 0.05) is 19.1 Å². The van der Waals surface area contributed by atoms with Crippen molar-refractivity contribution in [3.8, 4) is 0 Å². The van der Waals surface area contributed by atoms with Crippen LogP contribution in [0.4, 0.5) is 0 Å². The number of amides is 1. The second-order valence-corrected chi connectivity index (χ2v) is 5.89. The van der Waals surface area contributed by atoms with Gasteiger partial charge in [-0.25, -0.2) is 9.59 Å². The lowest BCUT2D eigenvalue weighted by Crippen LogP contribution is -2.20. The number of rotatable bonds is 12. The van der Waals surface area contributed by atoms with E-state index in [4.69, 9.17) is 9.84 Å². The van der Waals surface area contributed by atoms with Crippen molar-refractivity contribution >= 4 is 23.8 Å². The van der Waals surface area contributed by atoms with E-state index in [9.17, 15) is 19.2 Å². The highest BCUT2D eigenvalue weighted by Gasteiger charge is 2.07. The van der Waals surface area contributed by atoms with Gasteiger partial charge in [0.05, 0.1) is 19.5 Å². The van der Waals surface area contributed by atoms with Gasteiger partial charge in [0.15, 0.2) is 0 Å². The van der Waals surface area contributed by atoms with Crippen molar-refractivity contribution in [2.75, 3.05) is 19.9 Å². The van der Waals surface area contributed by atoms with E-state index < -0.39 is 0 Å². The molecule has 9 nitrogen and oxygen atoms in total. The molecular formula is C24H41NO8. The molecule has 1 atom stereocenters. The Hall–Kier alpha value is -3.20. The monoisotopic (exact) mass is 471 g/mol. The summed E-state index contributed by atoms with van der Waals surface area (Å²) in [6, 6.07) is 0. The number of esters is 3. The van der Waals surface area contributed by atoms with Crippen LogP contribution < -0.4 is 5.32 Å². The summed E-state index contributed by atoms with van der Waals surface area (Å²) in [4.78, 5) is 40.6. The average molecular weight is 472 g/mol. The number of unbranched alkanes of at least 4 members (excludes halogenated alkanes) is 1. The predicted octanol–water partition coefficient (Wildman–Crippen LogP) is 3.60. The van der Waals surface area contributed by atoms with Crippen LogP contribution in [0.5, 0.6) is 0 Å². The molecule has 0 aromatic carbocycles. The highest BCUT2D eigenvalue weighted by Crippen LogP contribution is 2.12. The maximum absolute atomic E-state index is 10.8. The van der Waals surface area contributed by atoms with Gasteiger partial charge in [0.25, 0.3) is 0 Å². The fourth-order valence-electron chi connectivity index (χ4n) is 1.63. The first-order valence-electron chi connectivity index (χ1n) is 10.5. The Labute approximate surface area is 198 Å². The molecule has 0 aromatic rings.